The Labute approximate surface area is 112 Å². The lowest BCUT2D eigenvalue weighted by atomic mass is 10.1. The third-order valence-corrected chi connectivity index (χ3v) is 2.75. The van der Waals surface area contributed by atoms with Gasteiger partial charge in [-0.2, -0.15) is 0 Å². The molecule has 1 aromatic carbocycles. The van der Waals surface area contributed by atoms with Crippen molar-refractivity contribution in [3.63, 3.8) is 0 Å². The van der Waals surface area contributed by atoms with E-state index in [0.29, 0.717) is 5.56 Å². The van der Waals surface area contributed by atoms with E-state index in [0.717, 1.165) is 4.90 Å². The minimum atomic E-state index is -0.394. The topological polar surface area (TPSA) is 55.1 Å². The summed E-state index contributed by atoms with van der Waals surface area (Å²) in [6, 6.07) is 7.28. The average molecular weight is 275 g/mol. The fraction of sp³-hybridized carbons (Fsp3) is 0.417. The lowest BCUT2D eigenvalue weighted by molar-refractivity contribution is 0.107. The lowest BCUT2D eigenvalue weighted by Crippen LogP contribution is -2.41. The molecule has 0 aliphatic carbocycles. The molecule has 96 valence electrons. The predicted molar refractivity (Wildman–Crippen MR) is 75.5 cm³/mol. The maximum absolute atomic E-state index is 10.8. The van der Waals surface area contributed by atoms with Crippen LogP contribution in [0, 0.1) is 0 Å². The highest BCUT2D eigenvalue weighted by molar-refractivity contribution is 7.98. The summed E-state index contributed by atoms with van der Waals surface area (Å²) in [6.07, 6.45) is 1.92. The molecule has 3 nitrogen and oxygen atoms in total. The number of benzene rings is 1. The Bertz CT molecular complexity index is 364. The largest absolute Gasteiger partial charge is 0.276 e. The van der Waals surface area contributed by atoms with Gasteiger partial charge in [0.15, 0.2) is 0 Å². The van der Waals surface area contributed by atoms with Crippen molar-refractivity contribution in [1.82, 2.24) is 5.43 Å². The van der Waals surface area contributed by atoms with Crippen LogP contribution in [-0.4, -0.2) is 17.0 Å². The first-order valence-electron chi connectivity index (χ1n) is 5.12. The number of thioether (sulfide) groups is 1. The van der Waals surface area contributed by atoms with E-state index in [1.54, 1.807) is 12.1 Å². The molecular formula is C12H19ClN2OS. The van der Waals surface area contributed by atoms with E-state index in [2.05, 4.69) is 5.43 Å². The molecule has 0 aromatic heterocycles. The quantitative estimate of drug-likeness (QED) is 0.377. The Morgan fingerprint density at radius 3 is 2.12 bits per heavy atom. The van der Waals surface area contributed by atoms with Crippen LogP contribution < -0.4 is 11.3 Å². The first-order chi connectivity index (χ1) is 7.81. The summed E-state index contributed by atoms with van der Waals surface area (Å²) in [6.45, 7) is 6.02. The Morgan fingerprint density at radius 1 is 1.35 bits per heavy atom. The van der Waals surface area contributed by atoms with Gasteiger partial charge in [0.05, 0.1) is 0 Å². The number of carbonyl (C=O) groups excluding carboxylic acids is 1. The van der Waals surface area contributed by atoms with Gasteiger partial charge in [-0.05, 0) is 50.8 Å². The summed E-state index contributed by atoms with van der Waals surface area (Å²) in [5.41, 5.74) is 3.26. The summed E-state index contributed by atoms with van der Waals surface area (Å²) in [7, 11) is 0. The van der Waals surface area contributed by atoms with Crippen molar-refractivity contribution in [3.05, 3.63) is 29.8 Å². The van der Waals surface area contributed by atoms with Crippen LogP contribution >= 0.6 is 23.4 Å². The van der Waals surface area contributed by atoms with E-state index in [1.807, 2.05) is 39.2 Å². The monoisotopic (exact) mass is 274 g/mol. The standard InChI is InChI=1S/C8H7ClOS.C4H12N2/c1-11-7-5-3-2-4-6(7)8(9)10;1-4(2,3)6-5/h2-5H,1H3;6H,5H2,1-3H3. The van der Waals surface area contributed by atoms with Crippen molar-refractivity contribution in [2.75, 3.05) is 6.26 Å². The van der Waals surface area contributed by atoms with E-state index in [4.69, 9.17) is 17.4 Å². The number of nitrogens with two attached hydrogens (primary N) is 1. The first kappa shape index (κ1) is 16.4. The number of carbonyl (C=O) groups is 1. The summed E-state index contributed by atoms with van der Waals surface area (Å²) in [5, 5.41) is -0.394. The van der Waals surface area contributed by atoms with Crippen LogP contribution in [0.4, 0.5) is 0 Å². The number of hydrogen-bond donors (Lipinski definition) is 2. The molecule has 0 fully saturated rings. The van der Waals surface area contributed by atoms with Gasteiger partial charge in [-0.3, -0.25) is 16.1 Å². The predicted octanol–water partition coefficient (Wildman–Crippen LogP) is 3.04. The second kappa shape index (κ2) is 7.71. The number of nitrogens with one attached hydrogen (secondary N) is 1. The highest BCUT2D eigenvalue weighted by Gasteiger charge is 2.05. The van der Waals surface area contributed by atoms with Crippen molar-refractivity contribution in [3.8, 4) is 0 Å². The van der Waals surface area contributed by atoms with E-state index in [-0.39, 0.29) is 5.54 Å². The van der Waals surface area contributed by atoms with E-state index in [9.17, 15) is 4.79 Å². The van der Waals surface area contributed by atoms with Crippen LogP contribution in [0.5, 0.6) is 0 Å². The number of halogens is 1. The molecule has 0 aliphatic rings. The molecule has 17 heavy (non-hydrogen) atoms. The fourth-order valence-corrected chi connectivity index (χ4v) is 1.62. The summed E-state index contributed by atoms with van der Waals surface area (Å²) >= 11 is 6.85. The lowest BCUT2D eigenvalue weighted by Gasteiger charge is -2.14. The first-order valence-corrected chi connectivity index (χ1v) is 6.72. The summed E-state index contributed by atoms with van der Waals surface area (Å²) in [5.74, 6) is 5.06. The summed E-state index contributed by atoms with van der Waals surface area (Å²) in [4.78, 5) is 11.7. The third kappa shape index (κ3) is 7.39. The second-order valence-electron chi connectivity index (χ2n) is 4.37. The van der Waals surface area contributed by atoms with Crippen LogP contribution in [0.3, 0.4) is 0 Å². The molecule has 0 heterocycles. The van der Waals surface area contributed by atoms with Crippen LogP contribution in [-0.2, 0) is 0 Å². The molecule has 0 aliphatic heterocycles. The molecular weight excluding hydrogens is 256 g/mol. The molecule has 0 unspecified atom stereocenters. The Morgan fingerprint density at radius 2 is 1.82 bits per heavy atom. The van der Waals surface area contributed by atoms with Gasteiger partial charge in [-0.25, -0.2) is 0 Å². The van der Waals surface area contributed by atoms with Gasteiger partial charge in [0.1, 0.15) is 0 Å². The van der Waals surface area contributed by atoms with Crippen molar-refractivity contribution < 1.29 is 4.79 Å². The van der Waals surface area contributed by atoms with Crippen LogP contribution in [0.1, 0.15) is 31.1 Å². The molecule has 5 heteroatoms. The zero-order valence-corrected chi connectivity index (χ0v) is 12.2. The molecule has 0 spiro atoms. The molecule has 0 amide bonds. The average Bonchev–Trinajstić information content (AvgIpc) is 2.28. The highest BCUT2D eigenvalue weighted by Crippen LogP contribution is 2.20. The normalized spacial score (nSPS) is 10.5. The Kier molecular flexibility index (Phi) is 7.46. The van der Waals surface area contributed by atoms with Crippen LogP contribution in [0.2, 0.25) is 0 Å². The highest BCUT2D eigenvalue weighted by atomic mass is 35.5. The van der Waals surface area contributed by atoms with Gasteiger partial charge in [0, 0.05) is 16.0 Å². The Balaban J connectivity index is 0.000000366. The number of rotatable bonds is 2. The van der Waals surface area contributed by atoms with E-state index >= 15 is 0 Å². The van der Waals surface area contributed by atoms with Crippen molar-refractivity contribution in [2.24, 2.45) is 5.84 Å². The van der Waals surface area contributed by atoms with Gasteiger partial charge in [-0.15, -0.1) is 11.8 Å². The van der Waals surface area contributed by atoms with Gasteiger partial charge < -0.3 is 0 Å². The molecule has 0 radical (unpaired) electrons. The maximum atomic E-state index is 10.8. The van der Waals surface area contributed by atoms with Gasteiger partial charge >= 0.3 is 0 Å². The van der Waals surface area contributed by atoms with Crippen LogP contribution in [0.15, 0.2) is 29.2 Å². The maximum Gasteiger partial charge on any atom is 0.253 e. The van der Waals surface area contributed by atoms with E-state index in [1.165, 1.54) is 11.8 Å². The van der Waals surface area contributed by atoms with E-state index < -0.39 is 5.24 Å². The molecule has 0 saturated carbocycles. The minimum absolute atomic E-state index is 0.0694. The third-order valence-electron chi connectivity index (χ3n) is 1.75. The fourth-order valence-electron chi connectivity index (χ4n) is 0.807. The zero-order chi connectivity index (χ0) is 13.5. The van der Waals surface area contributed by atoms with Crippen molar-refractivity contribution >= 4 is 28.6 Å². The van der Waals surface area contributed by atoms with Crippen molar-refractivity contribution in [2.45, 2.75) is 31.2 Å². The molecule has 3 N–H and O–H groups in total. The zero-order valence-electron chi connectivity index (χ0n) is 10.6. The molecule has 0 bridgehead atoms. The van der Waals surface area contributed by atoms with Gasteiger partial charge in [-0.1, -0.05) is 12.1 Å². The molecule has 1 rings (SSSR count). The SMILES string of the molecule is CC(C)(C)NN.CSc1ccccc1C(=O)Cl. The molecule has 0 saturated heterocycles. The van der Waals surface area contributed by atoms with Crippen molar-refractivity contribution in [1.29, 1.82) is 0 Å². The number of hydrazine groups is 1. The van der Waals surface area contributed by atoms with Gasteiger partial charge in [0.2, 0.25) is 0 Å². The molecule has 0 atom stereocenters. The van der Waals surface area contributed by atoms with Crippen LogP contribution in [0.25, 0.3) is 0 Å². The number of hydrogen-bond acceptors (Lipinski definition) is 4. The minimum Gasteiger partial charge on any atom is -0.276 e. The Hall–Kier alpha value is -0.550. The summed E-state index contributed by atoms with van der Waals surface area (Å²) < 4.78 is 0. The smallest absolute Gasteiger partial charge is 0.253 e. The van der Waals surface area contributed by atoms with Gasteiger partial charge in [0.25, 0.3) is 5.24 Å². The molecule has 1 aromatic rings. The second-order valence-corrected chi connectivity index (χ2v) is 5.56.